The van der Waals surface area contributed by atoms with E-state index in [-0.39, 0.29) is 11.6 Å². The average molecular weight is 515 g/mol. The molecule has 2 aromatic heterocycles. The second-order valence-electron chi connectivity index (χ2n) is 7.86. The van der Waals surface area contributed by atoms with E-state index in [2.05, 4.69) is 41.7 Å². The van der Waals surface area contributed by atoms with Crippen LogP contribution >= 0.6 is 15.9 Å². The van der Waals surface area contributed by atoms with Crippen molar-refractivity contribution >= 4 is 72.4 Å². The Balaban J connectivity index is 1.67. The van der Waals surface area contributed by atoms with Crippen LogP contribution in [0.25, 0.3) is 21.8 Å². The van der Waals surface area contributed by atoms with Crippen molar-refractivity contribution < 1.29 is 9.59 Å². The van der Waals surface area contributed by atoms with Crippen LogP contribution < -0.4 is 10.6 Å². The molecule has 0 atom stereocenters. The van der Waals surface area contributed by atoms with Crippen molar-refractivity contribution in [2.24, 2.45) is 0 Å². The Hall–Kier alpha value is -4.11. The third-order valence-electron chi connectivity index (χ3n) is 5.38. The van der Waals surface area contributed by atoms with Gasteiger partial charge in [0.2, 0.25) is 5.95 Å². The van der Waals surface area contributed by atoms with Gasteiger partial charge in [0.15, 0.2) is 11.6 Å². The van der Waals surface area contributed by atoms with E-state index in [1.54, 1.807) is 18.3 Å². The zero-order valence-electron chi connectivity index (χ0n) is 18.3. The Morgan fingerprint density at radius 3 is 2.41 bits per heavy atom. The van der Waals surface area contributed by atoms with E-state index in [0.29, 0.717) is 33.8 Å². The second-order valence-corrected chi connectivity index (χ2v) is 8.77. The molecule has 5 aromatic rings. The summed E-state index contributed by atoms with van der Waals surface area (Å²) in [5.74, 6) is 0.451. The average Bonchev–Trinajstić information content (AvgIpc) is 3.26. The summed E-state index contributed by atoms with van der Waals surface area (Å²) in [6.45, 7) is 2.88. The largest absolute Gasteiger partial charge is 0.340 e. The van der Waals surface area contributed by atoms with Crippen molar-refractivity contribution in [1.82, 2.24) is 20.2 Å². The minimum atomic E-state index is -0.202. The number of fused-ring (bicyclic) bond motifs is 2. The number of halogens is 1. The lowest BCUT2D eigenvalue weighted by Gasteiger charge is -2.14. The van der Waals surface area contributed by atoms with Gasteiger partial charge in [-0.25, -0.2) is 4.98 Å². The second kappa shape index (κ2) is 8.68. The van der Waals surface area contributed by atoms with Crippen LogP contribution in [0, 0.1) is 0 Å². The number of hydrogen-bond acceptors (Lipinski definition) is 7. The predicted octanol–water partition coefficient (Wildman–Crippen LogP) is 6.16. The number of rotatable bonds is 6. The molecule has 3 N–H and O–H groups in total. The maximum absolute atomic E-state index is 12.3. The van der Waals surface area contributed by atoms with Crippen LogP contribution in [0.3, 0.4) is 0 Å². The highest BCUT2D eigenvalue weighted by molar-refractivity contribution is 9.10. The molecule has 0 fully saturated rings. The molecular formula is C25H19BrN6O2. The number of carbonyl (C=O) groups is 2. The van der Waals surface area contributed by atoms with Gasteiger partial charge in [0.1, 0.15) is 5.82 Å². The number of benzene rings is 3. The van der Waals surface area contributed by atoms with Crippen molar-refractivity contribution in [3.8, 4) is 0 Å². The quantitative estimate of drug-likeness (QED) is 0.232. The number of nitrogens with one attached hydrogen (secondary N) is 3. The first-order valence-corrected chi connectivity index (χ1v) is 11.3. The van der Waals surface area contributed by atoms with Crippen molar-refractivity contribution in [2.45, 2.75) is 13.8 Å². The van der Waals surface area contributed by atoms with E-state index >= 15 is 0 Å². The molecule has 5 rings (SSSR count). The summed E-state index contributed by atoms with van der Waals surface area (Å²) in [5.41, 5.74) is 3.71. The van der Waals surface area contributed by atoms with Crippen LogP contribution in [-0.4, -0.2) is 31.7 Å². The van der Waals surface area contributed by atoms with Crippen molar-refractivity contribution in [1.29, 1.82) is 0 Å². The number of ketones is 2. The number of nitrogens with zero attached hydrogens (tertiary/aromatic N) is 3. The SMILES string of the molecule is CC(=O)c1cc2nc(Nc3cccc(Br)c3)nc(Nc3ccc4[nH]ncc4c3)c2cc1C(C)=O. The van der Waals surface area contributed by atoms with Gasteiger partial charge in [0, 0.05) is 37.7 Å². The molecule has 0 aliphatic heterocycles. The molecule has 2 heterocycles. The van der Waals surface area contributed by atoms with Gasteiger partial charge in [0.25, 0.3) is 0 Å². The molecule has 0 aliphatic carbocycles. The lowest BCUT2D eigenvalue weighted by atomic mass is 9.98. The number of anilines is 4. The zero-order valence-corrected chi connectivity index (χ0v) is 19.9. The number of aromatic nitrogens is 4. The molecule has 8 nitrogen and oxygen atoms in total. The molecule has 0 radical (unpaired) electrons. The first kappa shape index (κ1) is 21.7. The van der Waals surface area contributed by atoms with Crippen LogP contribution in [0.4, 0.5) is 23.1 Å². The molecule has 0 saturated heterocycles. The predicted molar refractivity (Wildman–Crippen MR) is 136 cm³/mol. The number of H-pyrrole nitrogens is 1. The van der Waals surface area contributed by atoms with Crippen LogP contribution in [0.2, 0.25) is 0 Å². The van der Waals surface area contributed by atoms with Crippen LogP contribution in [0.5, 0.6) is 0 Å². The fourth-order valence-corrected chi connectivity index (χ4v) is 4.16. The first-order chi connectivity index (χ1) is 16.4. The zero-order chi connectivity index (χ0) is 23.8. The molecule has 0 unspecified atom stereocenters. The van der Waals surface area contributed by atoms with E-state index in [1.165, 1.54) is 13.8 Å². The fraction of sp³-hybridized carbons (Fsp3) is 0.0800. The Labute approximate surface area is 202 Å². The lowest BCUT2D eigenvalue weighted by molar-refractivity contribution is 0.0981. The van der Waals surface area contributed by atoms with Crippen molar-refractivity contribution in [3.05, 3.63) is 76.4 Å². The molecule has 0 amide bonds. The molecule has 0 saturated carbocycles. The number of aromatic amines is 1. The number of hydrogen-bond donors (Lipinski definition) is 3. The van der Waals surface area contributed by atoms with Gasteiger partial charge < -0.3 is 10.6 Å². The maximum atomic E-state index is 12.3. The smallest absolute Gasteiger partial charge is 0.229 e. The van der Waals surface area contributed by atoms with E-state index in [0.717, 1.165) is 26.8 Å². The highest BCUT2D eigenvalue weighted by Crippen LogP contribution is 2.30. The van der Waals surface area contributed by atoms with Crippen LogP contribution in [0.1, 0.15) is 34.6 Å². The molecule has 0 spiro atoms. The van der Waals surface area contributed by atoms with Crippen LogP contribution in [0.15, 0.2) is 65.3 Å². The molecule has 34 heavy (non-hydrogen) atoms. The standard InChI is InChI=1S/C25H19BrN6O2/c1-13(33)19-10-21-23(11-20(19)14(2)34)30-25(29-17-5-3-4-16(26)9-17)31-24(21)28-18-6-7-22-15(8-18)12-27-32-22/h3-12H,1-2H3,(H,27,32)(H2,28,29,30,31). The van der Waals surface area contributed by atoms with Gasteiger partial charge >= 0.3 is 0 Å². The lowest BCUT2D eigenvalue weighted by Crippen LogP contribution is -2.07. The summed E-state index contributed by atoms with van der Waals surface area (Å²) in [7, 11) is 0. The first-order valence-electron chi connectivity index (χ1n) is 10.5. The van der Waals surface area contributed by atoms with Gasteiger partial charge in [-0.15, -0.1) is 0 Å². The van der Waals surface area contributed by atoms with Crippen molar-refractivity contribution in [2.75, 3.05) is 10.6 Å². The third-order valence-corrected chi connectivity index (χ3v) is 5.87. The highest BCUT2D eigenvalue weighted by Gasteiger charge is 2.17. The van der Waals surface area contributed by atoms with Crippen molar-refractivity contribution in [3.63, 3.8) is 0 Å². The molecular weight excluding hydrogens is 496 g/mol. The summed E-state index contributed by atoms with van der Waals surface area (Å²) in [6, 6.07) is 16.7. The van der Waals surface area contributed by atoms with Gasteiger partial charge in [0.05, 0.1) is 17.2 Å². The van der Waals surface area contributed by atoms with Gasteiger partial charge in [-0.05, 0) is 62.4 Å². The summed E-state index contributed by atoms with van der Waals surface area (Å²) in [4.78, 5) is 33.9. The summed E-state index contributed by atoms with van der Waals surface area (Å²) in [5, 5.41) is 15.1. The molecule has 0 aliphatic rings. The normalized spacial score (nSPS) is 11.0. The number of carbonyl (C=O) groups excluding carboxylic acids is 2. The topological polar surface area (TPSA) is 113 Å². The third kappa shape index (κ3) is 4.25. The van der Waals surface area contributed by atoms with E-state index < -0.39 is 0 Å². The minimum Gasteiger partial charge on any atom is -0.340 e. The molecule has 168 valence electrons. The Morgan fingerprint density at radius 2 is 1.65 bits per heavy atom. The molecule has 0 bridgehead atoms. The molecule has 9 heteroatoms. The van der Waals surface area contributed by atoms with E-state index in [4.69, 9.17) is 4.98 Å². The number of Topliss-reactive ketones (excluding diaryl/α,β-unsaturated/α-hetero) is 2. The Bertz CT molecular complexity index is 1590. The van der Waals surface area contributed by atoms with E-state index in [1.807, 2.05) is 42.5 Å². The fourth-order valence-electron chi connectivity index (χ4n) is 3.76. The summed E-state index contributed by atoms with van der Waals surface area (Å²) >= 11 is 3.47. The summed E-state index contributed by atoms with van der Waals surface area (Å²) in [6.07, 6.45) is 1.74. The van der Waals surface area contributed by atoms with Gasteiger partial charge in [-0.3, -0.25) is 14.7 Å². The molecule has 3 aromatic carbocycles. The summed E-state index contributed by atoms with van der Waals surface area (Å²) < 4.78 is 0.912. The van der Waals surface area contributed by atoms with Gasteiger partial charge in [-0.2, -0.15) is 10.1 Å². The van der Waals surface area contributed by atoms with Crippen LogP contribution in [-0.2, 0) is 0 Å². The Morgan fingerprint density at radius 1 is 0.882 bits per heavy atom. The van der Waals surface area contributed by atoms with E-state index in [9.17, 15) is 9.59 Å². The monoisotopic (exact) mass is 514 g/mol. The highest BCUT2D eigenvalue weighted by atomic mass is 79.9. The Kier molecular flexibility index (Phi) is 5.54. The maximum Gasteiger partial charge on any atom is 0.229 e. The minimum absolute atomic E-state index is 0.200. The van der Waals surface area contributed by atoms with Gasteiger partial charge in [-0.1, -0.05) is 22.0 Å².